The molecule has 0 heterocycles. The van der Waals surface area contributed by atoms with Gasteiger partial charge in [-0.2, -0.15) is 0 Å². The number of hydrogen-bond acceptors (Lipinski definition) is 3. The molecule has 0 fully saturated rings. The van der Waals surface area contributed by atoms with Crippen molar-refractivity contribution in [2.45, 2.75) is 18.7 Å². The lowest BCUT2D eigenvalue weighted by atomic mass is 10.1. The highest BCUT2D eigenvalue weighted by Gasteiger charge is 2.12. The summed E-state index contributed by atoms with van der Waals surface area (Å²) in [6, 6.07) is 11.8. The van der Waals surface area contributed by atoms with Crippen LogP contribution >= 0.6 is 35.6 Å². The Bertz CT molecular complexity index is 671. The van der Waals surface area contributed by atoms with E-state index in [1.54, 1.807) is 11.8 Å². The molecule has 2 aromatic carbocycles. The summed E-state index contributed by atoms with van der Waals surface area (Å²) in [6.07, 6.45) is 0. The summed E-state index contributed by atoms with van der Waals surface area (Å²) in [5.41, 5.74) is 9.79. The molecule has 2 nitrogen and oxygen atoms in total. The summed E-state index contributed by atoms with van der Waals surface area (Å²) in [5.74, 6) is 0.968. The first kappa shape index (κ1) is 16.1. The fraction of sp³-hybridized carbons (Fsp3) is 0.188. The van der Waals surface area contributed by atoms with E-state index in [9.17, 15) is 0 Å². The Kier molecular flexibility index (Phi) is 5.51. The fourth-order valence-electron chi connectivity index (χ4n) is 2.04. The second-order valence-electron chi connectivity index (χ2n) is 4.56. The van der Waals surface area contributed by atoms with Crippen LogP contribution in [-0.2, 0) is 0 Å². The van der Waals surface area contributed by atoms with Gasteiger partial charge in [0, 0.05) is 26.9 Å². The number of halogens is 1. The lowest BCUT2D eigenvalue weighted by Gasteiger charge is -2.16. The number of benzene rings is 2. The predicted octanol–water partition coefficient (Wildman–Crippen LogP) is 5.14. The number of aryl methyl sites for hydroxylation is 1. The summed E-state index contributed by atoms with van der Waals surface area (Å²) in [5, 5.41) is 4.09. The summed E-state index contributed by atoms with van der Waals surface area (Å²) in [4.78, 5) is 1.49. The van der Waals surface area contributed by atoms with E-state index in [4.69, 9.17) is 29.6 Å². The van der Waals surface area contributed by atoms with Crippen LogP contribution in [0.1, 0.15) is 18.1 Å². The van der Waals surface area contributed by atoms with Gasteiger partial charge < -0.3 is 11.1 Å². The van der Waals surface area contributed by atoms with Gasteiger partial charge in [-0.15, -0.1) is 11.8 Å². The van der Waals surface area contributed by atoms with Gasteiger partial charge in [-0.05, 0) is 42.5 Å². The van der Waals surface area contributed by atoms with Gasteiger partial charge in [0.05, 0.1) is 0 Å². The molecule has 0 saturated carbocycles. The molecule has 2 aromatic rings. The number of thiocarbonyl (C=S) groups is 1. The van der Waals surface area contributed by atoms with Crippen LogP contribution in [0, 0.1) is 6.92 Å². The number of rotatable bonds is 5. The van der Waals surface area contributed by atoms with Gasteiger partial charge in [-0.25, -0.2) is 0 Å². The predicted molar refractivity (Wildman–Crippen MR) is 98.2 cm³/mol. The van der Waals surface area contributed by atoms with Crippen LogP contribution in [0.5, 0.6) is 0 Å². The first-order valence-electron chi connectivity index (χ1n) is 6.61. The molecule has 2 rings (SSSR count). The number of thioether (sulfide) groups is 1. The molecule has 0 unspecified atom stereocenters. The SMILES string of the molecule is CCSc1cccc(Nc2cc(Cl)ccc2C)c1C(N)=S. The van der Waals surface area contributed by atoms with Gasteiger partial charge in [-0.1, -0.05) is 42.9 Å². The molecule has 0 aromatic heterocycles. The second kappa shape index (κ2) is 7.16. The molecule has 0 atom stereocenters. The molecule has 0 aliphatic rings. The molecular formula is C16H17ClN2S2. The molecule has 5 heteroatoms. The third kappa shape index (κ3) is 3.90. The van der Waals surface area contributed by atoms with Crippen LogP contribution < -0.4 is 11.1 Å². The average molecular weight is 337 g/mol. The molecule has 0 bridgehead atoms. The maximum atomic E-state index is 6.07. The molecular weight excluding hydrogens is 320 g/mol. The summed E-state index contributed by atoms with van der Waals surface area (Å²) in [7, 11) is 0. The molecule has 3 N–H and O–H groups in total. The van der Waals surface area contributed by atoms with Crippen LogP contribution in [0.15, 0.2) is 41.3 Å². The van der Waals surface area contributed by atoms with E-state index >= 15 is 0 Å². The number of anilines is 2. The van der Waals surface area contributed by atoms with E-state index in [1.165, 1.54) is 0 Å². The quantitative estimate of drug-likeness (QED) is 0.585. The number of hydrogen-bond donors (Lipinski definition) is 2. The van der Waals surface area contributed by atoms with Gasteiger partial charge in [0.25, 0.3) is 0 Å². The number of nitrogens with two attached hydrogens (primary N) is 1. The summed E-state index contributed by atoms with van der Waals surface area (Å²) >= 11 is 13.0. The highest BCUT2D eigenvalue weighted by molar-refractivity contribution is 7.99. The van der Waals surface area contributed by atoms with Crippen LogP contribution in [0.25, 0.3) is 0 Å². The van der Waals surface area contributed by atoms with E-state index in [2.05, 4.69) is 12.2 Å². The third-order valence-corrected chi connectivity index (χ3v) is 4.42. The van der Waals surface area contributed by atoms with Gasteiger partial charge in [0.15, 0.2) is 0 Å². The molecule has 0 amide bonds. The van der Waals surface area contributed by atoms with Crippen molar-refractivity contribution in [1.29, 1.82) is 0 Å². The van der Waals surface area contributed by atoms with Crippen LogP contribution in [-0.4, -0.2) is 10.7 Å². The Balaban J connectivity index is 2.46. The third-order valence-electron chi connectivity index (χ3n) is 3.04. The zero-order valence-electron chi connectivity index (χ0n) is 11.9. The van der Waals surface area contributed by atoms with Crippen molar-refractivity contribution in [3.8, 4) is 0 Å². The Morgan fingerprint density at radius 3 is 2.71 bits per heavy atom. The molecule has 0 saturated heterocycles. The second-order valence-corrected chi connectivity index (χ2v) is 6.74. The molecule has 0 aliphatic carbocycles. The first-order chi connectivity index (χ1) is 10.0. The van der Waals surface area contributed by atoms with Crippen molar-refractivity contribution >= 4 is 51.9 Å². The monoisotopic (exact) mass is 336 g/mol. The molecule has 0 spiro atoms. The topological polar surface area (TPSA) is 38.0 Å². The largest absolute Gasteiger partial charge is 0.389 e. The fourth-order valence-corrected chi connectivity index (χ4v) is 3.35. The van der Waals surface area contributed by atoms with Crippen molar-refractivity contribution in [3.05, 3.63) is 52.5 Å². The van der Waals surface area contributed by atoms with E-state index in [0.717, 1.165) is 33.2 Å². The van der Waals surface area contributed by atoms with Crippen molar-refractivity contribution in [1.82, 2.24) is 0 Å². The first-order valence-corrected chi connectivity index (χ1v) is 8.39. The average Bonchev–Trinajstić information content (AvgIpc) is 2.43. The number of nitrogens with one attached hydrogen (secondary N) is 1. The molecule has 0 aliphatic heterocycles. The van der Waals surface area contributed by atoms with Crippen molar-refractivity contribution < 1.29 is 0 Å². The van der Waals surface area contributed by atoms with Gasteiger partial charge in [0.2, 0.25) is 0 Å². The summed E-state index contributed by atoms with van der Waals surface area (Å²) < 4.78 is 0. The van der Waals surface area contributed by atoms with Crippen molar-refractivity contribution in [3.63, 3.8) is 0 Å². The van der Waals surface area contributed by atoms with Crippen LogP contribution in [0.3, 0.4) is 0 Å². The van der Waals surface area contributed by atoms with E-state index in [1.807, 2.05) is 43.3 Å². The van der Waals surface area contributed by atoms with Crippen molar-refractivity contribution in [2.75, 3.05) is 11.1 Å². The Morgan fingerprint density at radius 1 is 1.29 bits per heavy atom. The van der Waals surface area contributed by atoms with Crippen LogP contribution in [0.4, 0.5) is 11.4 Å². The normalized spacial score (nSPS) is 10.4. The lowest BCUT2D eigenvalue weighted by molar-refractivity contribution is 1.36. The Hall–Kier alpha value is -1.23. The minimum atomic E-state index is 0.397. The van der Waals surface area contributed by atoms with E-state index < -0.39 is 0 Å². The zero-order chi connectivity index (χ0) is 15.4. The van der Waals surface area contributed by atoms with Crippen molar-refractivity contribution in [2.24, 2.45) is 5.73 Å². The maximum Gasteiger partial charge on any atom is 0.107 e. The minimum absolute atomic E-state index is 0.397. The highest BCUT2D eigenvalue weighted by Crippen LogP contribution is 2.32. The lowest BCUT2D eigenvalue weighted by Crippen LogP contribution is -2.13. The maximum absolute atomic E-state index is 6.07. The highest BCUT2D eigenvalue weighted by atomic mass is 35.5. The standard InChI is InChI=1S/C16H17ClN2S2/c1-3-21-14-6-4-5-12(15(14)16(18)20)19-13-9-11(17)8-7-10(13)2/h4-9,19H,3H2,1-2H3,(H2,18,20). The Labute approximate surface area is 140 Å². The van der Waals surface area contributed by atoms with Gasteiger partial charge in [-0.3, -0.25) is 0 Å². The molecule has 0 radical (unpaired) electrons. The smallest absolute Gasteiger partial charge is 0.107 e. The zero-order valence-corrected chi connectivity index (χ0v) is 14.3. The minimum Gasteiger partial charge on any atom is -0.389 e. The van der Waals surface area contributed by atoms with E-state index in [-0.39, 0.29) is 0 Å². The Morgan fingerprint density at radius 2 is 2.05 bits per heavy atom. The van der Waals surface area contributed by atoms with Gasteiger partial charge >= 0.3 is 0 Å². The van der Waals surface area contributed by atoms with Gasteiger partial charge in [0.1, 0.15) is 4.99 Å². The molecule has 21 heavy (non-hydrogen) atoms. The van der Waals surface area contributed by atoms with E-state index in [0.29, 0.717) is 10.0 Å². The summed E-state index contributed by atoms with van der Waals surface area (Å²) in [6.45, 7) is 4.14. The molecule has 110 valence electrons. The van der Waals surface area contributed by atoms with Crippen LogP contribution in [0.2, 0.25) is 5.02 Å².